The second-order valence-corrected chi connectivity index (χ2v) is 2.90. The van der Waals surface area contributed by atoms with Crippen molar-refractivity contribution in [2.45, 2.75) is 0 Å². The first-order valence-electron chi connectivity index (χ1n) is 4.39. The molecule has 0 saturated heterocycles. The van der Waals surface area contributed by atoms with E-state index < -0.39 is 5.97 Å². The first kappa shape index (κ1) is 11.3. The zero-order valence-electron chi connectivity index (χ0n) is 8.40. The number of phenols is 1. The minimum absolute atomic E-state index is 0.0524. The summed E-state index contributed by atoms with van der Waals surface area (Å²) in [5.74, 6) is -0.540. The van der Waals surface area contributed by atoms with E-state index in [4.69, 9.17) is 20.3 Å². The van der Waals surface area contributed by atoms with Crippen molar-refractivity contribution in [1.82, 2.24) is 0 Å². The zero-order chi connectivity index (χ0) is 11.3. The Labute approximate surface area is 87.4 Å². The largest absolute Gasteiger partial charge is 0.506 e. The molecule has 0 fully saturated rings. The standard InChI is InChI=1S/C10H13NO4/c1-14-4-5-15-10(13)7-2-3-9(12)8(11)6-7/h2-3,6,12H,4-5,11H2,1H3. The maximum absolute atomic E-state index is 11.4. The molecule has 0 amide bonds. The molecular formula is C10H13NO4. The summed E-state index contributed by atoms with van der Waals surface area (Å²) < 4.78 is 9.59. The van der Waals surface area contributed by atoms with Crippen molar-refractivity contribution in [3.63, 3.8) is 0 Å². The van der Waals surface area contributed by atoms with Crippen LogP contribution >= 0.6 is 0 Å². The van der Waals surface area contributed by atoms with Crippen molar-refractivity contribution in [2.75, 3.05) is 26.1 Å². The minimum Gasteiger partial charge on any atom is -0.506 e. The average Bonchev–Trinajstić information content (AvgIpc) is 2.22. The number of aromatic hydroxyl groups is 1. The number of methoxy groups -OCH3 is 1. The van der Waals surface area contributed by atoms with Crippen LogP contribution in [0.5, 0.6) is 5.75 Å². The molecule has 0 heterocycles. The third-order valence-electron chi connectivity index (χ3n) is 1.78. The second kappa shape index (κ2) is 5.21. The van der Waals surface area contributed by atoms with Gasteiger partial charge in [0.15, 0.2) is 0 Å². The molecule has 0 radical (unpaired) electrons. The van der Waals surface area contributed by atoms with Gasteiger partial charge in [-0.1, -0.05) is 0 Å². The first-order valence-corrected chi connectivity index (χ1v) is 4.39. The predicted octanol–water partition coefficient (Wildman–Crippen LogP) is 0.778. The number of hydrogen-bond acceptors (Lipinski definition) is 5. The van der Waals surface area contributed by atoms with E-state index in [2.05, 4.69) is 0 Å². The molecule has 3 N–H and O–H groups in total. The number of phenolic OH excluding ortho intramolecular Hbond substituents is 1. The topological polar surface area (TPSA) is 81.8 Å². The molecular weight excluding hydrogens is 198 g/mol. The molecule has 0 unspecified atom stereocenters. The Kier molecular flexibility index (Phi) is 3.93. The van der Waals surface area contributed by atoms with Crippen LogP contribution < -0.4 is 5.73 Å². The highest BCUT2D eigenvalue weighted by Crippen LogP contribution is 2.20. The Morgan fingerprint density at radius 1 is 1.47 bits per heavy atom. The Morgan fingerprint density at radius 3 is 2.80 bits per heavy atom. The smallest absolute Gasteiger partial charge is 0.338 e. The van der Waals surface area contributed by atoms with Crippen molar-refractivity contribution in [3.8, 4) is 5.75 Å². The number of esters is 1. The molecule has 5 nitrogen and oxygen atoms in total. The fourth-order valence-electron chi connectivity index (χ4n) is 0.983. The highest BCUT2D eigenvalue weighted by molar-refractivity contribution is 5.90. The van der Waals surface area contributed by atoms with Crippen molar-refractivity contribution >= 4 is 11.7 Å². The van der Waals surface area contributed by atoms with Crippen molar-refractivity contribution in [2.24, 2.45) is 0 Å². The molecule has 0 saturated carbocycles. The van der Waals surface area contributed by atoms with E-state index in [1.807, 2.05) is 0 Å². The highest BCUT2D eigenvalue weighted by atomic mass is 16.6. The van der Waals surface area contributed by atoms with Gasteiger partial charge in [0, 0.05) is 7.11 Å². The molecule has 1 rings (SSSR count). The number of anilines is 1. The number of ether oxygens (including phenoxy) is 2. The van der Waals surface area contributed by atoms with Gasteiger partial charge in [-0.25, -0.2) is 4.79 Å². The van der Waals surface area contributed by atoms with E-state index in [-0.39, 0.29) is 18.0 Å². The Balaban J connectivity index is 2.62. The van der Waals surface area contributed by atoms with Crippen LogP contribution in [0.2, 0.25) is 0 Å². The van der Waals surface area contributed by atoms with Crippen LogP contribution in [0.1, 0.15) is 10.4 Å². The molecule has 0 bridgehead atoms. The van der Waals surface area contributed by atoms with Crippen LogP contribution in [0.25, 0.3) is 0 Å². The number of rotatable bonds is 4. The van der Waals surface area contributed by atoms with Crippen molar-refractivity contribution < 1.29 is 19.4 Å². The number of benzene rings is 1. The van der Waals surface area contributed by atoms with Gasteiger partial charge < -0.3 is 20.3 Å². The highest BCUT2D eigenvalue weighted by Gasteiger charge is 2.08. The summed E-state index contributed by atoms with van der Waals surface area (Å²) in [6.45, 7) is 0.537. The number of hydrogen-bond donors (Lipinski definition) is 2. The zero-order valence-corrected chi connectivity index (χ0v) is 8.40. The monoisotopic (exact) mass is 211 g/mol. The van der Waals surface area contributed by atoms with Crippen LogP contribution in [0.4, 0.5) is 5.69 Å². The van der Waals surface area contributed by atoms with Crippen LogP contribution in [-0.4, -0.2) is 31.4 Å². The van der Waals surface area contributed by atoms with E-state index in [1.165, 1.54) is 25.3 Å². The molecule has 82 valence electrons. The normalized spacial score (nSPS) is 9.93. The molecule has 1 aromatic carbocycles. The van der Waals surface area contributed by atoms with Gasteiger partial charge in [0.25, 0.3) is 0 Å². The van der Waals surface area contributed by atoms with Gasteiger partial charge in [-0.05, 0) is 18.2 Å². The molecule has 1 aromatic rings. The molecule has 0 atom stereocenters. The van der Waals surface area contributed by atoms with E-state index in [9.17, 15) is 4.79 Å². The number of nitrogen functional groups attached to an aromatic ring is 1. The van der Waals surface area contributed by atoms with Crippen molar-refractivity contribution in [1.29, 1.82) is 0 Å². The first-order chi connectivity index (χ1) is 7.15. The van der Waals surface area contributed by atoms with Gasteiger partial charge in [0.2, 0.25) is 0 Å². The quantitative estimate of drug-likeness (QED) is 0.333. The van der Waals surface area contributed by atoms with Gasteiger partial charge in [-0.15, -0.1) is 0 Å². The Morgan fingerprint density at radius 2 is 2.20 bits per heavy atom. The van der Waals surface area contributed by atoms with Crippen LogP contribution in [-0.2, 0) is 9.47 Å². The molecule has 0 aliphatic rings. The summed E-state index contributed by atoms with van der Waals surface area (Å²) in [6, 6.07) is 4.16. The van der Waals surface area contributed by atoms with E-state index in [0.717, 1.165) is 0 Å². The predicted molar refractivity (Wildman–Crippen MR) is 54.7 cm³/mol. The van der Waals surface area contributed by atoms with E-state index in [0.29, 0.717) is 12.2 Å². The summed E-state index contributed by atoms with van der Waals surface area (Å²) in [5.41, 5.74) is 5.89. The molecule has 5 heteroatoms. The third kappa shape index (κ3) is 3.14. The molecule has 0 aliphatic carbocycles. The molecule has 0 aliphatic heterocycles. The summed E-state index contributed by atoms with van der Waals surface area (Å²) in [7, 11) is 1.52. The number of carbonyl (C=O) groups excluding carboxylic acids is 1. The summed E-state index contributed by atoms with van der Waals surface area (Å²) in [6.07, 6.45) is 0. The van der Waals surface area contributed by atoms with Gasteiger partial charge in [-0.3, -0.25) is 0 Å². The SMILES string of the molecule is COCCOC(=O)c1ccc(O)c(N)c1. The maximum atomic E-state index is 11.4. The fourth-order valence-corrected chi connectivity index (χ4v) is 0.983. The molecule has 15 heavy (non-hydrogen) atoms. The maximum Gasteiger partial charge on any atom is 0.338 e. The lowest BCUT2D eigenvalue weighted by Gasteiger charge is -2.05. The van der Waals surface area contributed by atoms with Crippen LogP contribution in [0.3, 0.4) is 0 Å². The lowest BCUT2D eigenvalue weighted by Crippen LogP contribution is -2.10. The fraction of sp³-hybridized carbons (Fsp3) is 0.300. The van der Waals surface area contributed by atoms with Gasteiger partial charge in [0.1, 0.15) is 12.4 Å². The average molecular weight is 211 g/mol. The van der Waals surface area contributed by atoms with Gasteiger partial charge in [-0.2, -0.15) is 0 Å². The van der Waals surface area contributed by atoms with E-state index >= 15 is 0 Å². The van der Waals surface area contributed by atoms with Gasteiger partial charge in [0.05, 0.1) is 17.9 Å². The van der Waals surface area contributed by atoms with E-state index in [1.54, 1.807) is 0 Å². The number of nitrogens with two attached hydrogens (primary N) is 1. The number of carbonyl (C=O) groups is 1. The Hall–Kier alpha value is -1.75. The molecule has 0 aromatic heterocycles. The van der Waals surface area contributed by atoms with Crippen LogP contribution in [0, 0.1) is 0 Å². The van der Waals surface area contributed by atoms with Crippen molar-refractivity contribution in [3.05, 3.63) is 23.8 Å². The summed E-state index contributed by atoms with van der Waals surface area (Å²) >= 11 is 0. The lowest BCUT2D eigenvalue weighted by molar-refractivity contribution is 0.0388. The summed E-state index contributed by atoms with van der Waals surface area (Å²) in [4.78, 5) is 11.4. The Bertz CT molecular complexity index is 351. The molecule has 0 spiro atoms. The third-order valence-corrected chi connectivity index (χ3v) is 1.78. The lowest BCUT2D eigenvalue weighted by atomic mass is 10.2. The second-order valence-electron chi connectivity index (χ2n) is 2.90. The minimum atomic E-state index is -0.487. The summed E-state index contributed by atoms with van der Waals surface area (Å²) in [5, 5.41) is 9.14. The van der Waals surface area contributed by atoms with Gasteiger partial charge >= 0.3 is 5.97 Å². The van der Waals surface area contributed by atoms with Crippen LogP contribution in [0.15, 0.2) is 18.2 Å².